The van der Waals surface area contributed by atoms with E-state index in [1.807, 2.05) is 58.0 Å². The van der Waals surface area contributed by atoms with Gasteiger partial charge in [-0.05, 0) is 55.2 Å². The molecule has 0 radical (unpaired) electrons. The van der Waals surface area contributed by atoms with Crippen molar-refractivity contribution in [3.8, 4) is 0 Å². The van der Waals surface area contributed by atoms with Gasteiger partial charge in [0.25, 0.3) is 0 Å². The first-order valence-electron chi connectivity index (χ1n) is 12.0. The smallest absolute Gasteiger partial charge is 0.335 e. The van der Waals surface area contributed by atoms with Crippen LogP contribution in [0.2, 0.25) is 0 Å². The second-order valence-corrected chi connectivity index (χ2v) is 11.9. The van der Waals surface area contributed by atoms with E-state index >= 15 is 0 Å². The summed E-state index contributed by atoms with van der Waals surface area (Å²) in [5, 5.41) is 8.71. The van der Waals surface area contributed by atoms with Gasteiger partial charge < -0.3 is 10.0 Å². The van der Waals surface area contributed by atoms with E-state index in [-0.39, 0.29) is 17.4 Å². The summed E-state index contributed by atoms with van der Waals surface area (Å²) in [4.78, 5) is 15.7. The number of benzene rings is 2. The number of nitrogens with zero attached hydrogens (tertiary/aromatic N) is 3. The monoisotopic (exact) mass is 485 g/mol. The molecule has 7 nitrogen and oxygen atoms in total. The van der Waals surface area contributed by atoms with E-state index in [0.717, 1.165) is 55.2 Å². The van der Waals surface area contributed by atoms with Crippen molar-refractivity contribution < 1.29 is 18.3 Å². The van der Waals surface area contributed by atoms with Crippen molar-refractivity contribution in [3.05, 3.63) is 59.2 Å². The van der Waals surface area contributed by atoms with Gasteiger partial charge in [0.1, 0.15) is 0 Å². The van der Waals surface area contributed by atoms with Crippen LogP contribution in [0.15, 0.2) is 42.5 Å². The van der Waals surface area contributed by atoms with Crippen LogP contribution < -0.4 is 9.21 Å². The maximum Gasteiger partial charge on any atom is 0.335 e. The Kier molecular flexibility index (Phi) is 6.92. The number of carboxylic acids is 1. The third-order valence-corrected chi connectivity index (χ3v) is 9.77. The summed E-state index contributed by atoms with van der Waals surface area (Å²) in [5.74, 6) is -0.832. The summed E-state index contributed by atoms with van der Waals surface area (Å²) in [5.41, 5.74) is 4.14. The lowest BCUT2D eigenvalue weighted by Crippen LogP contribution is -2.49. The highest BCUT2D eigenvalue weighted by Crippen LogP contribution is 2.39. The van der Waals surface area contributed by atoms with Crippen molar-refractivity contribution in [1.29, 1.82) is 0 Å². The topological polar surface area (TPSA) is 81.2 Å². The molecule has 4 rings (SSSR count). The van der Waals surface area contributed by atoms with Crippen LogP contribution >= 0.6 is 0 Å². The van der Waals surface area contributed by atoms with Crippen molar-refractivity contribution >= 4 is 27.4 Å². The van der Waals surface area contributed by atoms with Gasteiger partial charge in [0.15, 0.2) is 0 Å². The number of sulfonamides is 1. The fraction of sp³-hybridized carbons (Fsp3) is 0.500. The molecule has 2 fully saturated rings. The van der Waals surface area contributed by atoms with Crippen LogP contribution in [-0.4, -0.2) is 68.9 Å². The van der Waals surface area contributed by atoms with E-state index < -0.39 is 21.2 Å². The van der Waals surface area contributed by atoms with E-state index in [1.165, 1.54) is 0 Å². The van der Waals surface area contributed by atoms with Crippen molar-refractivity contribution in [1.82, 2.24) is 4.90 Å². The number of anilines is 2. The molecular weight excluding hydrogens is 450 g/mol. The predicted molar refractivity (Wildman–Crippen MR) is 136 cm³/mol. The minimum Gasteiger partial charge on any atom is -0.478 e. The molecule has 2 aliphatic heterocycles. The lowest BCUT2D eigenvalue weighted by atomic mass is 9.95. The highest BCUT2D eigenvalue weighted by atomic mass is 32.2. The molecule has 184 valence electrons. The SMILES string of the molecule is Cc1cccc(C)c1N1C[C@@H](CN2CCN(c3ccc(C(=O)O)cc3)CC2)[C@H](C(C)C)S1(=O)=O. The quantitative estimate of drug-likeness (QED) is 0.673. The second kappa shape index (κ2) is 9.58. The molecule has 2 aromatic carbocycles. The lowest BCUT2D eigenvalue weighted by molar-refractivity contribution is 0.0697. The third-order valence-electron chi connectivity index (χ3n) is 7.21. The van der Waals surface area contributed by atoms with Gasteiger partial charge in [-0.2, -0.15) is 0 Å². The molecule has 34 heavy (non-hydrogen) atoms. The van der Waals surface area contributed by atoms with Crippen LogP contribution in [-0.2, 0) is 10.0 Å². The van der Waals surface area contributed by atoms with Crippen molar-refractivity contribution in [2.24, 2.45) is 11.8 Å². The Morgan fingerprint density at radius 3 is 2.12 bits per heavy atom. The van der Waals surface area contributed by atoms with Gasteiger partial charge in [-0.3, -0.25) is 9.21 Å². The van der Waals surface area contributed by atoms with Gasteiger partial charge >= 0.3 is 5.97 Å². The first-order valence-corrected chi connectivity index (χ1v) is 13.5. The highest BCUT2D eigenvalue weighted by molar-refractivity contribution is 7.93. The molecule has 0 unspecified atom stereocenters. The van der Waals surface area contributed by atoms with E-state index in [1.54, 1.807) is 16.4 Å². The maximum atomic E-state index is 13.7. The van der Waals surface area contributed by atoms with Crippen LogP contribution in [0.25, 0.3) is 0 Å². The second-order valence-electron chi connectivity index (χ2n) is 9.92. The molecule has 0 amide bonds. The molecule has 0 aliphatic carbocycles. The van der Waals surface area contributed by atoms with Crippen LogP contribution in [0.4, 0.5) is 11.4 Å². The summed E-state index contributed by atoms with van der Waals surface area (Å²) >= 11 is 0. The number of carboxylic acid groups (broad SMARTS) is 1. The Bertz CT molecular complexity index is 1120. The number of para-hydroxylation sites is 1. The number of hydrogen-bond acceptors (Lipinski definition) is 5. The van der Waals surface area contributed by atoms with Crippen LogP contribution in [0, 0.1) is 25.7 Å². The molecular formula is C26H35N3O4S. The summed E-state index contributed by atoms with van der Waals surface area (Å²) in [7, 11) is -3.44. The summed E-state index contributed by atoms with van der Waals surface area (Å²) in [6, 6.07) is 12.9. The Labute approximate surface area is 203 Å². The predicted octanol–water partition coefficient (Wildman–Crippen LogP) is 3.61. The minimum absolute atomic E-state index is 0.0402. The first-order chi connectivity index (χ1) is 16.1. The summed E-state index contributed by atoms with van der Waals surface area (Å²) in [6.45, 7) is 12.7. The maximum absolute atomic E-state index is 13.7. The van der Waals surface area contributed by atoms with E-state index in [9.17, 15) is 13.2 Å². The summed E-state index contributed by atoms with van der Waals surface area (Å²) in [6.07, 6.45) is 0. The van der Waals surface area contributed by atoms with E-state index in [4.69, 9.17) is 5.11 Å². The molecule has 2 atom stereocenters. The molecule has 2 heterocycles. The van der Waals surface area contributed by atoms with E-state index in [2.05, 4.69) is 9.80 Å². The zero-order valence-electron chi connectivity index (χ0n) is 20.4. The van der Waals surface area contributed by atoms with Gasteiger partial charge in [-0.1, -0.05) is 32.0 Å². The summed E-state index contributed by atoms with van der Waals surface area (Å²) < 4.78 is 29.0. The average molecular weight is 486 g/mol. The number of hydrogen-bond donors (Lipinski definition) is 1. The van der Waals surface area contributed by atoms with Crippen LogP contribution in [0.1, 0.15) is 35.3 Å². The van der Waals surface area contributed by atoms with Crippen molar-refractivity contribution in [2.45, 2.75) is 32.9 Å². The normalized spacial score (nSPS) is 23.0. The zero-order valence-corrected chi connectivity index (χ0v) is 21.3. The highest BCUT2D eigenvalue weighted by Gasteiger charge is 2.48. The van der Waals surface area contributed by atoms with Gasteiger partial charge in [0.2, 0.25) is 10.0 Å². The fourth-order valence-electron chi connectivity index (χ4n) is 5.61. The third kappa shape index (κ3) is 4.66. The lowest BCUT2D eigenvalue weighted by Gasteiger charge is -2.37. The molecule has 0 bridgehead atoms. The van der Waals surface area contributed by atoms with Gasteiger partial charge in [-0.25, -0.2) is 13.2 Å². The average Bonchev–Trinajstić information content (AvgIpc) is 3.04. The van der Waals surface area contributed by atoms with Gasteiger partial charge in [-0.15, -0.1) is 0 Å². The number of aromatic carboxylic acids is 1. The molecule has 0 spiro atoms. The van der Waals surface area contributed by atoms with Crippen molar-refractivity contribution in [2.75, 3.05) is 48.5 Å². The Morgan fingerprint density at radius 2 is 1.59 bits per heavy atom. The number of aryl methyl sites for hydroxylation is 2. The minimum atomic E-state index is -3.44. The standard InChI is InChI=1S/C26H35N3O4S/c1-18(2)25-22(17-29(34(25,32)33)24-19(3)6-5-7-20(24)4)16-27-12-14-28(15-13-27)23-10-8-21(9-11-23)26(30)31/h5-11,18,22,25H,12-17H2,1-4H3,(H,30,31)/t22-,25+/m1/s1. The molecule has 2 aromatic rings. The van der Waals surface area contributed by atoms with E-state index in [0.29, 0.717) is 6.54 Å². The largest absolute Gasteiger partial charge is 0.478 e. The Balaban J connectivity index is 1.46. The fourth-order valence-corrected chi connectivity index (χ4v) is 8.20. The number of piperazine rings is 1. The number of rotatable bonds is 6. The molecule has 2 aliphatic rings. The molecule has 8 heteroatoms. The molecule has 0 saturated carbocycles. The molecule has 1 N–H and O–H groups in total. The zero-order chi connectivity index (χ0) is 24.6. The Morgan fingerprint density at radius 1 is 1.00 bits per heavy atom. The number of carbonyl (C=O) groups is 1. The first kappa shape index (κ1) is 24.5. The molecule has 0 aromatic heterocycles. The van der Waals surface area contributed by atoms with Crippen LogP contribution in [0.3, 0.4) is 0 Å². The Hall–Kier alpha value is -2.58. The van der Waals surface area contributed by atoms with Gasteiger partial charge in [0, 0.05) is 50.9 Å². The van der Waals surface area contributed by atoms with Crippen LogP contribution in [0.5, 0.6) is 0 Å². The van der Waals surface area contributed by atoms with Gasteiger partial charge in [0.05, 0.1) is 16.5 Å². The molecule has 2 saturated heterocycles. The van der Waals surface area contributed by atoms with Crippen molar-refractivity contribution in [3.63, 3.8) is 0 Å².